The van der Waals surface area contributed by atoms with Crippen molar-refractivity contribution in [3.05, 3.63) is 23.8 Å². The highest BCUT2D eigenvalue weighted by molar-refractivity contribution is 5.98. The van der Waals surface area contributed by atoms with Gasteiger partial charge in [-0.05, 0) is 45.9 Å². The Balaban J connectivity index is 2.34. The zero-order valence-corrected chi connectivity index (χ0v) is 19.2. The molecule has 1 aliphatic rings. The molecule has 0 fully saturated rings. The van der Waals surface area contributed by atoms with E-state index in [0.717, 1.165) is 6.54 Å². The van der Waals surface area contributed by atoms with E-state index >= 15 is 0 Å². The molecule has 0 radical (unpaired) electrons. The Morgan fingerprint density at radius 1 is 1.23 bits per heavy atom. The Labute approximate surface area is 179 Å². The number of fused-ring (bicyclic) bond motifs is 1. The van der Waals surface area contributed by atoms with Gasteiger partial charge in [-0.1, -0.05) is 6.92 Å². The van der Waals surface area contributed by atoms with Crippen molar-refractivity contribution in [1.82, 2.24) is 15.1 Å². The Kier molecular flexibility index (Phi) is 8.49. The molecule has 2 N–H and O–H groups in total. The van der Waals surface area contributed by atoms with Crippen molar-refractivity contribution in [2.45, 2.75) is 45.9 Å². The van der Waals surface area contributed by atoms with Crippen molar-refractivity contribution >= 4 is 17.6 Å². The highest BCUT2D eigenvalue weighted by Gasteiger charge is 2.27. The number of hydrogen-bond acceptors (Lipinski definition) is 5. The molecule has 0 unspecified atom stereocenters. The number of urea groups is 1. The van der Waals surface area contributed by atoms with Gasteiger partial charge in [-0.25, -0.2) is 4.79 Å². The summed E-state index contributed by atoms with van der Waals surface area (Å²) in [4.78, 5) is 29.1. The maximum Gasteiger partial charge on any atom is 0.319 e. The van der Waals surface area contributed by atoms with Crippen LogP contribution in [0.1, 0.15) is 38.1 Å². The van der Waals surface area contributed by atoms with Gasteiger partial charge in [0.1, 0.15) is 12.4 Å². The summed E-state index contributed by atoms with van der Waals surface area (Å²) >= 11 is 0. The van der Waals surface area contributed by atoms with Gasteiger partial charge in [0, 0.05) is 51.1 Å². The lowest BCUT2D eigenvalue weighted by atomic mass is 10.0. The van der Waals surface area contributed by atoms with Crippen molar-refractivity contribution in [2.24, 2.45) is 5.92 Å². The molecule has 1 aliphatic heterocycles. The standard InChI is InChI=1S/C22H36N4O4/c1-14(2)23-22(28)24-17-8-9-18-19(10-17)30-13-16(4)25(5)11-15(3)20(29-7)12-26(6)21(18)27/h8-10,14-16,20H,11-13H2,1-7H3,(H2,23,24,28)/t15-,16-,20+/m1/s1. The lowest BCUT2D eigenvalue weighted by Gasteiger charge is -2.34. The van der Waals surface area contributed by atoms with E-state index in [2.05, 4.69) is 36.4 Å². The zero-order chi connectivity index (χ0) is 22.4. The Bertz CT molecular complexity index is 740. The van der Waals surface area contributed by atoms with Crippen molar-refractivity contribution in [3.8, 4) is 5.75 Å². The molecular formula is C22H36N4O4. The zero-order valence-electron chi connectivity index (χ0n) is 19.2. The molecule has 0 saturated carbocycles. The second-order valence-corrected chi connectivity index (χ2v) is 8.50. The molecule has 8 heteroatoms. The summed E-state index contributed by atoms with van der Waals surface area (Å²) in [6.45, 7) is 9.74. The second-order valence-electron chi connectivity index (χ2n) is 8.50. The molecular weight excluding hydrogens is 384 g/mol. The van der Waals surface area contributed by atoms with E-state index in [4.69, 9.17) is 9.47 Å². The predicted octanol–water partition coefficient (Wildman–Crippen LogP) is 2.65. The topological polar surface area (TPSA) is 83.1 Å². The molecule has 3 atom stereocenters. The van der Waals surface area contributed by atoms with E-state index in [9.17, 15) is 9.59 Å². The highest BCUT2D eigenvalue weighted by Crippen LogP contribution is 2.26. The highest BCUT2D eigenvalue weighted by atomic mass is 16.5. The number of ether oxygens (including phenoxy) is 2. The molecule has 168 valence electrons. The van der Waals surface area contributed by atoms with Crippen molar-refractivity contribution in [3.63, 3.8) is 0 Å². The van der Waals surface area contributed by atoms with Gasteiger partial charge in [-0.2, -0.15) is 0 Å². The lowest BCUT2D eigenvalue weighted by molar-refractivity contribution is 0.0150. The summed E-state index contributed by atoms with van der Waals surface area (Å²) in [5.74, 6) is 0.568. The summed E-state index contributed by atoms with van der Waals surface area (Å²) in [5, 5.41) is 5.58. The molecule has 0 spiro atoms. The van der Waals surface area contributed by atoms with Crippen molar-refractivity contribution in [1.29, 1.82) is 0 Å². The third kappa shape index (κ3) is 6.34. The maximum atomic E-state index is 13.1. The fraction of sp³-hybridized carbons (Fsp3) is 0.636. The summed E-state index contributed by atoms with van der Waals surface area (Å²) in [6.07, 6.45) is -0.0712. The number of nitrogens with zero attached hydrogens (tertiary/aromatic N) is 2. The van der Waals surface area contributed by atoms with Crippen LogP contribution in [0.5, 0.6) is 5.75 Å². The minimum Gasteiger partial charge on any atom is -0.491 e. The molecule has 0 bridgehead atoms. The van der Waals surface area contributed by atoms with Crippen LogP contribution in [-0.4, -0.2) is 80.8 Å². The van der Waals surface area contributed by atoms with E-state index in [1.165, 1.54) is 0 Å². The first kappa shape index (κ1) is 24.0. The first-order chi connectivity index (χ1) is 14.1. The largest absolute Gasteiger partial charge is 0.491 e. The van der Waals surface area contributed by atoms with Gasteiger partial charge in [0.25, 0.3) is 5.91 Å². The molecule has 2 rings (SSSR count). The quantitative estimate of drug-likeness (QED) is 0.786. The molecule has 1 aromatic rings. The van der Waals surface area contributed by atoms with E-state index in [0.29, 0.717) is 30.2 Å². The third-order valence-electron chi connectivity index (χ3n) is 5.44. The van der Waals surface area contributed by atoms with Gasteiger partial charge in [0.2, 0.25) is 0 Å². The molecule has 1 aromatic carbocycles. The maximum absolute atomic E-state index is 13.1. The third-order valence-corrected chi connectivity index (χ3v) is 5.44. The fourth-order valence-corrected chi connectivity index (χ4v) is 3.46. The minimum atomic E-state index is -0.299. The van der Waals surface area contributed by atoms with Crippen LogP contribution >= 0.6 is 0 Å². The van der Waals surface area contributed by atoms with Crippen LogP contribution in [0.2, 0.25) is 0 Å². The summed E-state index contributed by atoms with van der Waals surface area (Å²) < 4.78 is 11.7. The first-order valence-electron chi connectivity index (χ1n) is 10.4. The number of hydrogen-bond donors (Lipinski definition) is 2. The average molecular weight is 421 g/mol. The van der Waals surface area contributed by atoms with E-state index < -0.39 is 0 Å². The second kappa shape index (κ2) is 10.6. The SMILES string of the molecule is CO[C@H]1CN(C)C(=O)c2ccc(NC(=O)NC(C)C)cc2OC[C@@H](C)N(C)C[C@H]1C. The molecule has 30 heavy (non-hydrogen) atoms. The van der Waals surface area contributed by atoms with E-state index in [-0.39, 0.29) is 36.0 Å². The number of carbonyl (C=O) groups excluding carboxylic acids is 2. The molecule has 0 aliphatic carbocycles. The van der Waals surface area contributed by atoms with E-state index in [1.54, 1.807) is 37.3 Å². The van der Waals surface area contributed by atoms with Gasteiger partial charge < -0.3 is 25.0 Å². The fourth-order valence-electron chi connectivity index (χ4n) is 3.46. The number of likely N-dealkylation sites (N-methyl/N-ethyl adjacent to an activating group) is 2. The normalized spacial score (nSPS) is 23.8. The Hall–Kier alpha value is -2.32. The smallest absolute Gasteiger partial charge is 0.319 e. The summed E-state index contributed by atoms with van der Waals surface area (Å²) in [5.41, 5.74) is 1.03. The van der Waals surface area contributed by atoms with Gasteiger partial charge in [0.05, 0.1) is 11.7 Å². The molecule has 0 saturated heterocycles. The Morgan fingerprint density at radius 3 is 2.57 bits per heavy atom. The van der Waals surface area contributed by atoms with Gasteiger partial charge in [0.15, 0.2) is 0 Å². The van der Waals surface area contributed by atoms with Gasteiger partial charge in [-0.15, -0.1) is 0 Å². The van der Waals surface area contributed by atoms with Gasteiger partial charge >= 0.3 is 6.03 Å². The number of amides is 3. The van der Waals surface area contributed by atoms with Crippen LogP contribution in [0, 0.1) is 5.92 Å². The summed E-state index contributed by atoms with van der Waals surface area (Å²) in [6, 6.07) is 4.98. The number of benzene rings is 1. The van der Waals surface area contributed by atoms with Crippen LogP contribution in [-0.2, 0) is 4.74 Å². The number of methoxy groups -OCH3 is 1. The van der Waals surface area contributed by atoms with Crippen LogP contribution in [0.15, 0.2) is 18.2 Å². The van der Waals surface area contributed by atoms with Crippen LogP contribution < -0.4 is 15.4 Å². The summed E-state index contributed by atoms with van der Waals surface area (Å²) in [7, 11) is 5.52. The Morgan fingerprint density at radius 2 is 1.93 bits per heavy atom. The lowest BCUT2D eigenvalue weighted by Crippen LogP contribution is -2.45. The number of anilines is 1. The number of carbonyl (C=O) groups is 2. The predicted molar refractivity (Wildman–Crippen MR) is 118 cm³/mol. The monoisotopic (exact) mass is 420 g/mol. The molecule has 8 nitrogen and oxygen atoms in total. The average Bonchev–Trinajstić information content (AvgIpc) is 2.67. The van der Waals surface area contributed by atoms with Crippen LogP contribution in [0.3, 0.4) is 0 Å². The molecule has 0 aromatic heterocycles. The van der Waals surface area contributed by atoms with Gasteiger partial charge in [-0.3, -0.25) is 9.69 Å². The van der Waals surface area contributed by atoms with Crippen molar-refractivity contribution < 1.29 is 19.1 Å². The van der Waals surface area contributed by atoms with Crippen LogP contribution in [0.25, 0.3) is 0 Å². The van der Waals surface area contributed by atoms with Crippen molar-refractivity contribution in [2.75, 3.05) is 46.2 Å². The molecule has 1 heterocycles. The number of rotatable bonds is 3. The minimum absolute atomic E-state index is 0.0215. The first-order valence-corrected chi connectivity index (χ1v) is 10.4. The van der Waals surface area contributed by atoms with E-state index in [1.807, 2.05) is 13.8 Å². The number of nitrogens with one attached hydrogen (secondary N) is 2. The van der Waals surface area contributed by atoms with Crippen LogP contribution in [0.4, 0.5) is 10.5 Å². The molecule has 3 amide bonds.